The Morgan fingerprint density at radius 1 is 0.812 bits per heavy atom. The number of hydrogen-bond acceptors (Lipinski definition) is 5. The number of carbonyl (C=O) groups is 3. The van der Waals surface area contributed by atoms with Gasteiger partial charge in [0.15, 0.2) is 0 Å². The second kappa shape index (κ2) is 14.4. The Hall–Kier alpha value is -4.96. The molecule has 2 N–H and O–H groups in total. The summed E-state index contributed by atoms with van der Waals surface area (Å²) in [5.41, 5.74) is 2.01. The van der Waals surface area contributed by atoms with Crippen molar-refractivity contribution in [3.05, 3.63) is 125 Å². The zero-order chi connectivity index (χ0) is 34.5. The Kier molecular flexibility index (Phi) is 10.3. The number of methoxy groups -OCH3 is 1. The van der Waals surface area contributed by atoms with Gasteiger partial charge in [-0.25, -0.2) is 4.79 Å². The van der Waals surface area contributed by atoms with Crippen LogP contribution >= 0.6 is 0 Å². The summed E-state index contributed by atoms with van der Waals surface area (Å²) in [6.45, 7) is 4.56. The summed E-state index contributed by atoms with van der Waals surface area (Å²) >= 11 is 0. The van der Waals surface area contributed by atoms with Crippen molar-refractivity contribution in [2.45, 2.75) is 50.4 Å². The van der Waals surface area contributed by atoms with E-state index < -0.39 is 29.3 Å². The SMILES string of the molecule is COC(=O)C(C)(C)NC(=O)C(c1ccccc1)N1CCC(c2ccc(NC(=O)c3ccccc3-c3ccc(C(F)(F)F)cc3)cc2)CC1. The molecule has 0 spiro atoms. The van der Waals surface area contributed by atoms with E-state index in [2.05, 4.69) is 15.5 Å². The first-order chi connectivity index (χ1) is 22.9. The number of likely N-dealkylation sites (tertiary alicyclic amines) is 1. The number of rotatable bonds is 9. The van der Waals surface area contributed by atoms with E-state index in [1.54, 1.807) is 38.1 Å². The first kappa shape index (κ1) is 34.4. The van der Waals surface area contributed by atoms with E-state index in [1.807, 2.05) is 54.6 Å². The lowest BCUT2D eigenvalue weighted by Gasteiger charge is -2.38. The second-order valence-electron chi connectivity index (χ2n) is 12.4. The normalized spacial score (nSPS) is 15.0. The molecule has 10 heteroatoms. The Morgan fingerprint density at radius 3 is 2.02 bits per heavy atom. The quantitative estimate of drug-likeness (QED) is 0.181. The van der Waals surface area contributed by atoms with Crippen LogP contribution in [0.15, 0.2) is 103 Å². The molecule has 5 rings (SSSR count). The van der Waals surface area contributed by atoms with Crippen LogP contribution in [0.25, 0.3) is 11.1 Å². The molecule has 7 nitrogen and oxygen atoms in total. The van der Waals surface area contributed by atoms with Crippen molar-refractivity contribution in [3.8, 4) is 11.1 Å². The van der Waals surface area contributed by atoms with Gasteiger partial charge >= 0.3 is 12.1 Å². The predicted molar refractivity (Wildman–Crippen MR) is 178 cm³/mol. The molecule has 0 saturated carbocycles. The van der Waals surface area contributed by atoms with Crippen LogP contribution in [0.2, 0.25) is 0 Å². The number of benzene rings is 4. The van der Waals surface area contributed by atoms with Gasteiger partial charge in [-0.1, -0.05) is 72.8 Å². The molecule has 1 heterocycles. The summed E-state index contributed by atoms with van der Waals surface area (Å²) in [5.74, 6) is -0.913. The molecule has 2 amide bonds. The highest BCUT2D eigenvalue weighted by molar-refractivity contribution is 6.08. The summed E-state index contributed by atoms with van der Waals surface area (Å²) < 4.78 is 44.0. The zero-order valence-corrected chi connectivity index (χ0v) is 27.0. The van der Waals surface area contributed by atoms with E-state index >= 15 is 0 Å². The van der Waals surface area contributed by atoms with Gasteiger partial charge in [0.2, 0.25) is 5.91 Å². The number of nitrogens with zero attached hydrogens (tertiary/aromatic N) is 1. The third-order valence-corrected chi connectivity index (χ3v) is 8.72. The molecular weight excluding hydrogens is 619 g/mol. The number of nitrogens with one attached hydrogen (secondary N) is 2. The molecular formula is C38H38F3N3O4. The molecule has 4 aromatic rings. The molecule has 0 aromatic heterocycles. The minimum Gasteiger partial charge on any atom is -0.467 e. The second-order valence-corrected chi connectivity index (χ2v) is 12.4. The number of anilines is 1. The maximum absolute atomic E-state index is 13.6. The van der Waals surface area contributed by atoms with Crippen molar-refractivity contribution in [1.82, 2.24) is 10.2 Å². The van der Waals surface area contributed by atoms with Crippen molar-refractivity contribution in [1.29, 1.82) is 0 Å². The van der Waals surface area contributed by atoms with E-state index in [9.17, 15) is 27.6 Å². The maximum atomic E-state index is 13.6. The lowest BCUT2D eigenvalue weighted by Crippen LogP contribution is -2.54. The van der Waals surface area contributed by atoms with Crippen LogP contribution < -0.4 is 10.6 Å². The van der Waals surface area contributed by atoms with Gasteiger partial charge in [0.1, 0.15) is 11.6 Å². The van der Waals surface area contributed by atoms with Gasteiger partial charge in [0.25, 0.3) is 5.91 Å². The van der Waals surface area contributed by atoms with Crippen LogP contribution in [-0.4, -0.2) is 48.4 Å². The Balaban J connectivity index is 1.24. The summed E-state index contributed by atoms with van der Waals surface area (Å²) in [5, 5.41) is 5.78. The summed E-state index contributed by atoms with van der Waals surface area (Å²) in [6.07, 6.45) is -2.82. The number of carbonyl (C=O) groups excluding carboxylic acids is 3. The number of ether oxygens (including phenoxy) is 1. The van der Waals surface area contributed by atoms with E-state index in [4.69, 9.17) is 4.74 Å². The van der Waals surface area contributed by atoms with Crippen LogP contribution in [0, 0.1) is 0 Å². The number of esters is 1. The first-order valence-electron chi connectivity index (χ1n) is 15.7. The molecule has 48 heavy (non-hydrogen) atoms. The van der Waals surface area contributed by atoms with E-state index in [-0.39, 0.29) is 17.7 Å². The highest BCUT2D eigenvalue weighted by Gasteiger charge is 2.37. The molecule has 1 unspecified atom stereocenters. The minimum atomic E-state index is -4.44. The van der Waals surface area contributed by atoms with Crippen LogP contribution in [0.1, 0.15) is 65.7 Å². The topological polar surface area (TPSA) is 87.7 Å². The van der Waals surface area contributed by atoms with Crippen molar-refractivity contribution in [2.24, 2.45) is 0 Å². The smallest absolute Gasteiger partial charge is 0.416 e. The molecule has 1 fully saturated rings. The van der Waals surface area contributed by atoms with E-state index in [0.717, 1.165) is 36.1 Å². The van der Waals surface area contributed by atoms with E-state index in [1.165, 1.54) is 19.2 Å². The Bertz CT molecular complexity index is 1730. The third kappa shape index (κ3) is 7.94. The molecule has 1 saturated heterocycles. The van der Waals surface area contributed by atoms with Crippen LogP contribution in [0.4, 0.5) is 18.9 Å². The van der Waals surface area contributed by atoms with Crippen molar-refractivity contribution in [2.75, 3.05) is 25.5 Å². The predicted octanol–water partition coefficient (Wildman–Crippen LogP) is 7.61. The van der Waals surface area contributed by atoms with Crippen molar-refractivity contribution in [3.63, 3.8) is 0 Å². The van der Waals surface area contributed by atoms with Crippen molar-refractivity contribution < 1.29 is 32.3 Å². The highest BCUT2D eigenvalue weighted by Crippen LogP contribution is 2.35. The van der Waals surface area contributed by atoms with Gasteiger partial charge in [-0.3, -0.25) is 14.5 Å². The fourth-order valence-corrected chi connectivity index (χ4v) is 6.15. The van der Waals surface area contributed by atoms with Crippen LogP contribution in [0.5, 0.6) is 0 Å². The third-order valence-electron chi connectivity index (χ3n) is 8.72. The molecule has 0 bridgehead atoms. The van der Waals surface area contributed by atoms with E-state index in [0.29, 0.717) is 35.5 Å². The first-order valence-corrected chi connectivity index (χ1v) is 15.7. The molecule has 1 aliphatic heterocycles. The Labute approximate surface area is 278 Å². The lowest BCUT2D eigenvalue weighted by molar-refractivity contribution is -0.150. The minimum absolute atomic E-state index is 0.248. The van der Waals surface area contributed by atoms with Gasteiger partial charge in [-0.05, 0) is 98.3 Å². The molecule has 4 aromatic carbocycles. The zero-order valence-electron chi connectivity index (χ0n) is 27.0. The lowest BCUT2D eigenvalue weighted by atomic mass is 9.88. The van der Waals surface area contributed by atoms with Gasteiger partial charge in [0, 0.05) is 11.3 Å². The summed E-state index contributed by atoms with van der Waals surface area (Å²) in [4.78, 5) is 41.3. The molecule has 1 atom stereocenters. The van der Waals surface area contributed by atoms with Gasteiger partial charge in [-0.15, -0.1) is 0 Å². The number of amides is 2. The molecule has 0 radical (unpaired) electrons. The average Bonchev–Trinajstić information content (AvgIpc) is 3.08. The molecule has 250 valence electrons. The fraction of sp³-hybridized carbons (Fsp3) is 0.289. The summed E-state index contributed by atoms with van der Waals surface area (Å²) in [7, 11) is 1.29. The monoisotopic (exact) mass is 657 g/mol. The standard InChI is InChI=1S/C38H38F3N3O4/c1-37(2,36(47)48-3)43-35(46)33(28-9-5-4-6-10-28)44-23-21-26(22-24-44)25-15-19-30(20-16-25)42-34(45)32-12-8-7-11-31(32)27-13-17-29(18-14-27)38(39,40)41/h4-20,26,33H,21-24H2,1-3H3,(H,42,45)(H,43,46). The number of piperidine rings is 1. The molecule has 0 aliphatic carbocycles. The van der Waals surface area contributed by atoms with Crippen LogP contribution in [0.3, 0.4) is 0 Å². The Morgan fingerprint density at radius 2 is 1.42 bits per heavy atom. The molecule has 1 aliphatic rings. The summed E-state index contributed by atoms with van der Waals surface area (Å²) in [6, 6.07) is 28.1. The number of alkyl halides is 3. The average molecular weight is 658 g/mol. The van der Waals surface area contributed by atoms with Crippen molar-refractivity contribution >= 4 is 23.5 Å². The van der Waals surface area contributed by atoms with Crippen LogP contribution in [-0.2, 0) is 20.5 Å². The fourth-order valence-electron chi connectivity index (χ4n) is 6.15. The van der Waals surface area contributed by atoms with Gasteiger partial charge < -0.3 is 15.4 Å². The highest BCUT2D eigenvalue weighted by atomic mass is 19.4. The van der Waals surface area contributed by atoms with Gasteiger partial charge in [-0.2, -0.15) is 13.2 Å². The number of halogens is 3. The van der Waals surface area contributed by atoms with Gasteiger partial charge in [0.05, 0.1) is 12.7 Å². The number of hydrogen-bond donors (Lipinski definition) is 2. The largest absolute Gasteiger partial charge is 0.467 e. The maximum Gasteiger partial charge on any atom is 0.416 e.